The van der Waals surface area contributed by atoms with E-state index in [-0.39, 0.29) is 0 Å². The summed E-state index contributed by atoms with van der Waals surface area (Å²) in [6, 6.07) is 0. The molecule has 0 aromatic carbocycles. The maximum atomic E-state index is 14.1. The van der Waals surface area contributed by atoms with E-state index in [0.29, 0.717) is 0 Å². The molecule has 0 bridgehead atoms. The summed E-state index contributed by atoms with van der Waals surface area (Å²) in [5.41, 5.74) is -1.15. The van der Waals surface area contributed by atoms with Crippen molar-refractivity contribution in [2.24, 2.45) is 0 Å². The van der Waals surface area contributed by atoms with E-state index in [2.05, 4.69) is 22.6 Å². The van der Waals surface area contributed by atoms with Crippen LogP contribution in [0.15, 0.2) is 24.3 Å². The summed E-state index contributed by atoms with van der Waals surface area (Å²) in [6.07, 6.45) is -13.7. The van der Waals surface area contributed by atoms with Crippen molar-refractivity contribution < 1.29 is 84.9 Å². The molecule has 0 heterocycles. The zero-order chi connectivity index (χ0) is 30.2. The van der Waals surface area contributed by atoms with E-state index >= 15 is 0 Å². The second kappa shape index (κ2) is 10.3. The molecule has 0 saturated carbocycles. The molecule has 1 unspecified atom stereocenters. The maximum absolute atomic E-state index is 14.1. The predicted octanol–water partition coefficient (Wildman–Crippen LogP) is 6.36. The number of hydrogen-bond acceptors (Lipinski definition) is 4. The zero-order valence-electron chi connectivity index (χ0n) is 18.2. The first-order valence-corrected chi connectivity index (χ1v) is 9.05. The quantitative estimate of drug-likeness (QED) is 0.153. The number of alkyl halides is 15. The molecule has 0 N–H and O–H groups in total. The highest BCUT2D eigenvalue weighted by Gasteiger charge is 2.93. The van der Waals surface area contributed by atoms with Gasteiger partial charge in [-0.05, 0) is 13.8 Å². The van der Waals surface area contributed by atoms with Crippen LogP contribution in [0.5, 0.6) is 0 Å². The molecule has 0 rings (SSSR count). The van der Waals surface area contributed by atoms with Crippen LogP contribution in [0.2, 0.25) is 0 Å². The van der Waals surface area contributed by atoms with Gasteiger partial charge in [0.2, 0.25) is 0 Å². The Bertz CT molecular complexity index is 905. The molecule has 0 saturated heterocycles. The summed E-state index contributed by atoms with van der Waals surface area (Å²) in [6.45, 7) is 6.00. The van der Waals surface area contributed by atoms with Crippen molar-refractivity contribution in [3.8, 4) is 0 Å². The molecular formula is C18H15F15O4. The highest BCUT2D eigenvalue weighted by molar-refractivity contribution is 5.87. The van der Waals surface area contributed by atoms with Crippen molar-refractivity contribution in [1.29, 1.82) is 0 Å². The SMILES string of the molecule is C=C(C)C(=O)OCC(CC(F)(F)C(F)(F)C(F)(F)C(F)(F)C(F)(F)C(F)(F)C(F)(F)F)OC(=O)C(=C)C. The molecule has 19 heteroatoms. The molecular weight excluding hydrogens is 565 g/mol. The molecule has 0 fully saturated rings. The molecule has 0 amide bonds. The first kappa shape index (κ1) is 34.4. The molecule has 0 aromatic heterocycles. The predicted molar refractivity (Wildman–Crippen MR) is 90.8 cm³/mol. The van der Waals surface area contributed by atoms with Gasteiger partial charge in [0.1, 0.15) is 12.7 Å². The molecule has 0 aliphatic rings. The Kier molecular flexibility index (Phi) is 9.53. The summed E-state index contributed by atoms with van der Waals surface area (Å²) < 4.78 is 208. The first-order valence-electron chi connectivity index (χ1n) is 9.05. The molecule has 216 valence electrons. The standard InChI is InChI=1S/C18H15F15O4/c1-7(2)10(34)36-6-9(37-11(35)8(3)4)5-12(19,20)13(21,22)14(23,24)15(25,26)16(27,28)17(29,30)18(31,32)33/h9H,1,3,5-6H2,2,4H3. The summed E-state index contributed by atoms with van der Waals surface area (Å²) >= 11 is 0. The van der Waals surface area contributed by atoms with Gasteiger partial charge in [-0.1, -0.05) is 13.2 Å². The van der Waals surface area contributed by atoms with Crippen LogP contribution in [-0.2, 0) is 19.1 Å². The Labute approximate surface area is 197 Å². The first-order chi connectivity index (χ1) is 16.0. The summed E-state index contributed by atoms with van der Waals surface area (Å²) in [7, 11) is 0. The fourth-order valence-corrected chi connectivity index (χ4v) is 2.09. The highest BCUT2D eigenvalue weighted by atomic mass is 19.4. The Morgan fingerprint density at radius 1 is 0.622 bits per heavy atom. The number of carbonyl (C=O) groups is 2. The van der Waals surface area contributed by atoms with Crippen LogP contribution in [0.4, 0.5) is 65.9 Å². The lowest BCUT2D eigenvalue weighted by molar-refractivity contribution is -0.453. The highest BCUT2D eigenvalue weighted by Crippen LogP contribution is 2.62. The number of esters is 2. The third kappa shape index (κ3) is 6.10. The average molecular weight is 580 g/mol. The lowest BCUT2D eigenvalue weighted by Gasteiger charge is -2.41. The van der Waals surface area contributed by atoms with E-state index < -0.39 is 83.9 Å². The van der Waals surface area contributed by atoms with Crippen LogP contribution >= 0.6 is 0 Å². The maximum Gasteiger partial charge on any atom is 0.460 e. The Morgan fingerprint density at radius 3 is 1.32 bits per heavy atom. The zero-order valence-corrected chi connectivity index (χ0v) is 18.2. The Hall–Kier alpha value is -2.63. The van der Waals surface area contributed by atoms with E-state index in [1.807, 2.05) is 0 Å². The number of hydrogen-bond donors (Lipinski definition) is 0. The number of ether oxygens (including phenoxy) is 2. The topological polar surface area (TPSA) is 52.6 Å². The molecule has 0 spiro atoms. The van der Waals surface area contributed by atoms with E-state index in [1.54, 1.807) is 0 Å². The van der Waals surface area contributed by atoms with Crippen molar-refractivity contribution >= 4 is 11.9 Å². The molecule has 0 aromatic rings. The number of carbonyl (C=O) groups excluding carboxylic acids is 2. The second-order valence-corrected chi connectivity index (χ2v) is 7.46. The Morgan fingerprint density at radius 2 is 0.973 bits per heavy atom. The lowest BCUT2D eigenvalue weighted by atomic mass is 9.89. The van der Waals surface area contributed by atoms with Crippen LogP contribution in [0.1, 0.15) is 20.3 Å². The van der Waals surface area contributed by atoms with E-state index in [1.165, 1.54) is 0 Å². The van der Waals surface area contributed by atoms with Gasteiger partial charge in [-0.2, -0.15) is 65.9 Å². The van der Waals surface area contributed by atoms with Gasteiger partial charge in [0, 0.05) is 11.1 Å². The van der Waals surface area contributed by atoms with Gasteiger partial charge in [-0.15, -0.1) is 0 Å². The molecule has 0 aliphatic carbocycles. The van der Waals surface area contributed by atoms with Crippen LogP contribution in [0.3, 0.4) is 0 Å². The minimum atomic E-state index is -8.46. The third-order valence-electron chi connectivity index (χ3n) is 4.25. The van der Waals surface area contributed by atoms with Crippen LogP contribution in [-0.4, -0.2) is 66.4 Å². The number of rotatable bonds is 12. The smallest absolute Gasteiger partial charge is 0.458 e. The largest absolute Gasteiger partial charge is 0.460 e. The monoisotopic (exact) mass is 580 g/mol. The van der Waals surface area contributed by atoms with Crippen molar-refractivity contribution in [2.75, 3.05) is 6.61 Å². The number of halogens is 15. The van der Waals surface area contributed by atoms with Crippen molar-refractivity contribution in [2.45, 2.75) is 68.1 Å². The summed E-state index contributed by atoms with van der Waals surface area (Å²) in [5, 5.41) is 0. The molecule has 37 heavy (non-hydrogen) atoms. The van der Waals surface area contributed by atoms with Gasteiger partial charge < -0.3 is 9.47 Å². The fourth-order valence-electron chi connectivity index (χ4n) is 2.09. The van der Waals surface area contributed by atoms with Gasteiger partial charge in [-0.3, -0.25) is 0 Å². The van der Waals surface area contributed by atoms with Crippen LogP contribution in [0, 0.1) is 0 Å². The van der Waals surface area contributed by atoms with Gasteiger partial charge in [0.15, 0.2) is 0 Å². The molecule has 0 radical (unpaired) electrons. The van der Waals surface area contributed by atoms with Gasteiger partial charge in [-0.25, -0.2) is 9.59 Å². The average Bonchev–Trinajstić information content (AvgIpc) is 2.69. The van der Waals surface area contributed by atoms with Gasteiger partial charge >= 0.3 is 53.7 Å². The minimum Gasteiger partial charge on any atom is -0.458 e. The summed E-state index contributed by atoms with van der Waals surface area (Å²) in [4.78, 5) is 22.8. The fraction of sp³-hybridized carbons (Fsp3) is 0.667. The van der Waals surface area contributed by atoms with E-state index in [9.17, 15) is 75.4 Å². The van der Waals surface area contributed by atoms with Crippen molar-refractivity contribution in [3.63, 3.8) is 0 Å². The summed E-state index contributed by atoms with van der Waals surface area (Å²) in [5.74, 6) is -51.0. The van der Waals surface area contributed by atoms with Gasteiger partial charge in [0.25, 0.3) is 0 Å². The molecule has 0 aliphatic heterocycles. The Balaban J connectivity index is 6.50. The van der Waals surface area contributed by atoms with E-state index in [0.717, 1.165) is 13.8 Å². The minimum absolute atomic E-state index is 0.485. The normalized spacial score (nSPS) is 15.2. The third-order valence-corrected chi connectivity index (χ3v) is 4.25. The molecule has 1 atom stereocenters. The van der Waals surface area contributed by atoms with Gasteiger partial charge in [0.05, 0.1) is 6.42 Å². The van der Waals surface area contributed by atoms with Crippen molar-refractivity contribution in [3.05, 3.63) is 24.3 Å². The van der Waals surface area contributed by atoms with Crippen LogP contribution in [0.25, 0.3) is 0 Å². The molecule has 4 nitrogen and oxygen atoms in total. The van der Waals surface area contributed by atoms with E-state index in [4.69, 9.17) is 0 Å². The lowest BCUT2D eigenvalue weighted by Crippen LogP contribution is -2.72. The second-order valence-electron chi connectivity index (χ2n) is 7.46. The van der Waals surface area contributed by atoms with Crippen LogP contribution < -0.4 is 0 Å². The van der Waals surface area contributed by atoms with Crippen molar-refractivity contribution in [1.82, 2.24) is 0 Å².